The zero-order chi connectivity index (χ0) is 16.8. The van der Waals surface area contributed by atoms with Gasteiger partial charge in [0.2, 0.25) is 0 Å². The first-order valence-corrected chi connectivity index (χ1v) is 10.8. The van der Waals surface area contributed by atoms with Gasteiger partial charge in [-0.1, -0.05) is 25.3 Å². The van der Waals surface area contributed by atoms with E-state index in [4.69, 9.17) is 0 Å². The lowest BCUT2D eigenvalue weighted by Gasteiger charge is -2.57. The molecule has 0 amide bonds. The number of ketones is 1. The van der Waals surface area contributed by atoms with Gasteiger partial charge in [0, 0.05) is 53.0 Å². The number of rotatable bonds is 2. The molecule has 5 atom stereocenters. The van der Waals surface area contributed by atoms with Crippen LogP contribution in [0.4, 0.5) is 0 Å². The molecule has 2 aliphatic heterocycles. The summed E-state index contributed by atoms with van der Waals surface area (Å²) in [5.74, 6) is 0.649. The number of pyridine rings is 1. The molecule has 4 aliphatic rings. The van der Waals surface area contributed by atoms with Crippen LogP contribution in [0.1, 0.15) is 50.5 Å². The predicted octanol–water partition coefficient (Wildman–Crippen LogP) is 3.99. The Hall–Kier alpha value is -1.29. The van der Waals surface area contributed by atoms with Gasteiger partial charge in [-0.3, -0.25) is 9.78 Å². The lowest BCUT2D eigenvalue weighted by atomic mass is 9.74. The molecule has 0 bridgehead atoms. The summed E-state index contributed by atoms with van der Waals surface area (Å²) in [4.78, 5) is 20.1. The zero-order valence-corrected chi connectivity index (χ0v) is 15.5. The van der Waals surface area contributed by atoms with Crippen molar-refractivity contribution in [3.8, 4) is 0 Å². The molecule has 3 heterocycles. The molecule has 1 aromatic heterocycles. The number of fused-ring (bicyclic) bond motifs is 2. The number of carbonyl (C=O) groups is 1. The Morgan fingerprint density at radius 3 is 2.88 bits per heavy atom. The minimum Gasteiger partial charge on any atom is -0.368 e. The molecular weight excluding hydrogens is 328 g/mol. The topological polar surface area (TPSA) is 33.2 Å². The van der Waals surface area contributed by atoms with E-state index >= 15 is 0 Å². The van der Waals surface area contributed by atoms with Gasteiger partial charge in [-0.2, -0.15) is 11.8 Å². The Labute approximate surface area is 154 Å². The lowest BCUT2D eigenvalue weighted by molar-refractivity contribution is -0.124. The van der Waals surface area contributed by atoms with Crippen LogP contribution in [0.5, 0.6) is 0 Å². The molecule has 132 valence electrons. The van der Waals surface area contributed by atoms with Crippen LogP contribution in [0.25, 0.3) is 0 Å². The van der Waals surface area contributed by atoms with Crippen molar-refractivity contribution in [2.45, 2.75) is 74.0 Å². The van der Waals surface area contributed by atoms with Gasteiger partial charge in [-0.05, 0) is 37.3 Å². The highest BCUT2D eigenvalue weighted by molar-refractivity contribution is 8.00. The number of hydrogen-bond donors (Lipinski definition) is 0. The molecule has 1 saturated heterocycles. The monoisotopic (exact) mass is 354 g/mol. The third kappa shape index (κ3) is 2.73. The third-order valence-corrected chi connectivity index (χ3v) is 8.38. The molecule has 2 aliphatic carbocycles. The fourth-order valence-electron chi connectivity index (χ4n) is 5.52. The predicted molar refractivity (Wildman–Crippen MR) is 101 cm³/mol. The summed E-state index contributed by atoms with van der Waals surface area (Å²) in [7, 11) is 0. The van der Waals surface area contributed by atoms with Crippen molar-refractivity contribution in [3.63, 3.8) is 0 Å². The van der Waals surface area contributed by atoms with E-state index in [0.29, 0.717) is 23.1 Å². The number of nitrogens with zero attached hydrogens (tertiary/aromatic N) is 2. The van der Waals surface area contributed by atoms with Crippen LogP contribution in [0.3, 0.4) is 0 Å². The molecule has 0 aromatic carbocycles. The maximum absolute atomic E-state index is 13.2. The second-order valence-corrected chi connectivity index (χ2v) is 9.58. The van der Waals surface area contributed by atoms with Gasteiger partial charge in [-0.25, -0.2) is 0 Å². The van der Waals surface area contributed by atoms with Crippen LogP contribution in [-0.4, -0.2) is 38.3 Å². The van der Waals surface area contributed by atoms with E-state index < -0.39 is 0 Å². The fourth-order valence-corrected chi connectivity index (χ4v) is 7.52. The molecule has 5 rings (SSSR count). The summed E-state index contributed by atoms with van der Waals surface area (Å²) in [5.41, 5.74) is 2.17. The van der Waals surface area contributed by atoms with E-state index in [1.165, 1.54) is 38.5 Å². The first kappa shape index (κ1) is 15.9. The maximum atomic E-state index is 13.2. The Kier molecular flexibility index (Phi) is 4.11. The first-order chi connectivity index (χ1) is 12.3. The highest BCUT2D eigenvalue weighted by Gasteiger charge is 2.51. The van der Waals surface area contributed by atoms with E-state index in [1.54, 1.807) is 6.20 Å². The van der Waals surface area contributed by atoms with Gasteiger partial charge in [-0.15, -0.1) is 0 Å². The average molecular weight is 355 g/mol. The van der Waals surface area contributed by atoms with E-state index in [0.717, 1.165) is 29.2 Å². The molecule has 4 heteroatoms. The molecule has 0 spiro atoms. The average Bonchev–Trinajstić information content (AvgIpc) is 2.66. The fraction of sp³-hybridized carbons (Fsp3) is 0.619. The summed E-state index contributed by atoms with van der Waals surface area (Å²) in [6.45, 7) is 0. The van der Waals surface area contributed by atoms with Gasteiger partial charge in [0.05, 0.1) is 6.04 Å². The van der Waals surface area contributed by atoms with Gasteiger partial charge in [0.25, 0.3) is 0 Å². The number of thioether (sulfide) groups is 1. The minimum absolute atomic E-state index is 0.228. The summed E-state index contributed by atoms with van der Waals surface area (Å²) in [5, 5.41) is 1.44. The molecule has 5 unspecified atom stereocenters. The van der Waals surface area contributed by atoms with E-state index in [1.807, 2.05) is 12.3 Å². The summed E-state index contributed by atoms with van der Waals surface area (Å²) in [6.07, 6.45) is 15.7. The van der Waals surface area contributed by atoms with Crippen LogP contribution in [0.15, 0.2) is 36.3 Å². The summed E-state index contributed by atoms with van der Waals surface area (Å²) < 4.78 is 0. The quantitative estimate of drug-likeness (QED) is 0.804. The standard InChI is InChI=1S/C21H26N2OS/c24-21-15(11-14-5-4-10-22-12-14)13-23-17-7-1-2-8-18(17)25-19-9-3-6-16(21)20(19)23/h4-5,10,12-13,16-20H,1-3,6-9,11H2. The molecule has 1 aromatic rings. The normalized spacial score (nSPS) is 37.1. The Balaban J connectivity index is 1.51. The van der Waals surface area contributed by atoms with E-state index in [2.05, 4.69) is 33.9 Å². The number of hydrogen-bond acceptors (Lipinski definition) is 4. The van der Waals surface area contributed by atoms with Crippen LogP contribution >= 0.6 is 11.8 Å². The SMILES string of the molecule is O=C1C(Cc2cccnc2)=CN2C3CCCCC3SC3CCCC1C32. The van der Waals surface area contributed by atoms with Crippen LogP contribution in [0.2, 0.25) is 0 Å². The van der Waals surface area contributed by atoms with E-state index in [-0.39, 0.29) is 5.92 Å². The number of carbonyl (C=O) groups excluding carboxylic acids is 1. The number of allylic oxidation sites excluding steroid dienone is 1. The first-order valence-electron chi connectivity index (χ1n) is 9.88. The van der Waals surface area contributed by atoms with Gasteiger partial charge in [0.15, 0.2) is 5.78 Å². The highest BCUT2D eigenvalue weighted by atomic mass is 32.2. The minimum atomic E-state index is 0.228. The van der Waals surface area contributed by atoms with Crippen molar-refractivity contribution in [1.29, 1.82) is 0 Å². The van der Waals surface area contributed by atoms with Gasteiger partial charge in [0.1, 0.15) is 0 Å². The van der Waals surface area contributed by atoms with Gasteiger partial charge < -0.3 is 4.90 Å². The Morgan fingerprint density at radius 1 is 1.12 bits per heavy atom. The maximum Gasteiger partial charge on any atom is 0.165 e. The van der Waals surface area contributed by atoms with Gasteiger partial charge >= 0.3 is 0 Å². The molecule has 3 fully saturated rings. The number of Topliss-reactive ketones (excluding diaryl/α,β-unsaturated/α-hetero) is 1. The lowest BCUT2D eigenvalue weighted by Crippen LogP contribution is -2.62. The molecule has 25 heavy (non-hydrogen) atoms. The molecule has 0 N–H and O–H groups in total. The molecular formula is C21H26N2OS. The molecule has 3 nitrogen and oxygen atoms in total. The van der Waals surface area contributed by atoms with Crippen molar-refractivity contribution in [1.82, 2.24) is 9.88 Å². The van der Waals surface area contributed by atoms with Crippen LogP contribution in [0, 0.1) is 5.92 Å². The van der Waals surface area contributed by atoms with Crippen LogP contribution in [-0.2, 0) is 11.2 Å². The molecule has 2 saturated carbocycles. The smallest absolute Gasteiger partial charge is 0.165 e. The Morgan fingerprint density at radius 2 is 2.00 bits per heavy atom. The van der Waals surface area contributed by atoms with E-state index in [9.17, 15) is 4.79 Å². The molecule has 0 radical (unpaired) electrons. The van der Waals surface area contributed by atoms with Crippen molar-refractivity contribution in [2.75, 3.05) is 0 Å². The third-order valence-electron chi connectivity index (χ3n) is 6.62. The second kappa shape index (κ2) is 6.46. The second-order valence-electron chi connectivity index (χ2n) is 8.10. The highest BCUT2D eigenvalue weighted by Crippen LogP contribution is 2.50. The van der Waals surface area contributed by atoms with Crippen LogP contribution < -0.4 is 0 Å². The summed E-state index contributed by atoms with van der Waals surface area (Å²) in [6, 6.07) is 5.17. The number of aromatic nitrogens is 1. The largest absolute Gasteiger partial charge is 0.368 e. The van der Waals surface area contributed by atoms with Crippen molar-refractivity contribution >= 4 is 17.5 Å². The van der Waals surface area contributed by atoms with Crippen molar-refractivity contribution < 1.29 is 4.79 Å². The van der Waals surface area contributed by atoms with Crippen molar-refractivity contribution in [2.24, 2.45) is 5.92 Å². The summed E-state index contributed by atoms with van der Waals surface area (Å²) >= 11 is 2.23. The van der Waals surface area contributed by atoms with Crippen molar-refractivity contribution in [3.05, 3.63) is 41.9 Å². The Bertz CT molecular complexity index is 688. The zero-order valence-electron chi connectivity index (χ0n) is 14.6.